The van der Waals surface area contributed by atoms with Crippen molar-refractivity contribution in [2.75, 3.05) is 78.5 Å². The van der Waals surface area contributed by atoms with Crippen molar-refractivity contribution in [3.05, 3.63) is 88.8 Å². The Kier molecular flexibility index (Phi) is 65.7. The van der Waals surface area contributed by atoms with Crippen molar-refractivity contribution in [3.63, 3.8) is 0 Å². The van der Waals surface area contributed by atoms with Crippen LogP contribution in [0.1, 0.15) is 34.2 Å². The standard InChI is InChI=1S/C33H51N11.8ClHO4.5H2O/c1-4-28-22-34-10-16-43-18-12-36-24-30-6-2-7-31(41-30)25-37-13-19-44(17-11-35-23-29(5-1)40-28)21-15-39-27-33-9-3-8-32(42-33)26-38-14-20-43;8*2-1(3,4)5;;;;;/h1-9,34-39H,10-27H2;8*(H,2,3,4,5);5*1H2. The lowest BCUT2D eigenvalue weighted by atomic mass is 10.2. The number of nitrogens with one attached hydrogen (secondary N) is 2. The normalized spacial score (nSPS) is 16.6. The molecule has 3 aliphatic heterocycles. The second-order valence-electron chi connectivity index (χ2n) is 15.4. The summed E-state index contributed by atoms with van der Waals surface area (Å²) in [5.41, 5.74) is 7.64. The Morgan fingerprint density at radius 3 is 0.573 bits per heavy atom. The molecule has 0 spiro atoms. The number of pyridine rings is 3. The summed E-state index contributed by atoms with van der Waals surface area (Å²) < 4.78 is 272. The van der Waals surface area contributed by atoms with Gasteiger partial charge < -0.3 is 59.3 Å². The molecule has 89 heavy (non-hydrogen) atoms. The third-order valence-electron chi connectivity index (χ3n) is 8.76. The van der Waals surface area contributed by atoms with Gasteiger partial charge in [-0.15, -0.1) is 81.9 Å². The SMILES string of the molecule is O.O.O.O.O.[O-][Cl+3]([O-])([O-])[O-].[O-][Cl+3]([O-])([O-])[O-].[O-][Cl+3]([O-])([O-])[O-].[O-][Cl+3]([O-])([O-])[O-].[O-][Cl+3]([O-])([O-])[O-].[O-][Cl+3]([O-])([O-])[O-].[O-][Cl+3]([O-])([O-])[O-].[O-][Cl+3]([O-])([O-])[O-].c1cc2nc(c1)C[NH2+]CCN1CC[NH2+]Cc3cccc([nH+]3)C[NH2+]CCN(CC[NH2+]C2)CC[NH2+]Cc2cccc([nH+]2)C[NH2+]CC1. The summed E-state index contributed by atoms with van der Waals surface area (Å²) in [6.45, 7) is 19.1. The highest BCUT2D eigenvalue weighted by molar-refractivity contribution is 5.09. The van der Waals surface area contributed by atoms with Gasteiger partial charge in [-0.2, -0.15) is 0 Å². The van der Waals surface area contributed by atoms with Crippen LogP contribution in [-0.4, -0.2) is 121 Å². The monoisotopic (exact) mass is 1490 g/mol. The molecule has 48 nitrogen and oxygen atoms in total. The fourth-order valence-electron chi connectivity index (χ4n) is 6.22. The highest BCUT2D eigenvalue weighted by Crippen LogP contribution is 1.97. The smallest absolute Gasteiger partial charge is 0.235 e. The third-order valence-corrected chi connectivity index (χ3v) is 8.76. The zero-order chi connectivity index (χ0) is 66.1. The number of rotatable bonds is 0. The zero-order valence-corrected chi connectivity index (χ0v) is 51.4. The van der Waals surface area contributed by atoms with E-state index in [1.54, 1.807) is 0 Å². The van der Waals surface area contributed by atoms with Gasteiger partial charge in [0, 0.05) is 63.5 Å². The minimum atomic E-state index is -4.94. The number of hydrogen-bond acceptors (Lipinski definition) is 35. The van der Waals surface area contributed by atoms with Crippen molar-refractivity contribution in [1.29, 1.82) is 0 Å². The molecule has 534 valence electrons. The summed E-state index contributed by atoms with van der Waals surface area (Å²) in [7, 11) is -39.6. The fraction of sp³-hybridized carbons (Fsp3) is 0.545. The van der Waals surface area contributed by atoms with Crippen molar-refractivity contribution in [1.82, 2.24) is 14.8 Å². The molecule has 24 N–H and O–H groups in total. The molecule has 6 rings (SSSR count). The quantitative estimate of drug-likeness (QED) is 0.122. The van der Waals surface area contributed by atoms with E-state index in [-0.39, 0.29) is 27.4 Å². The minimum absolute atomic E-state index is 0. The average molecular weight is 1500 g/mol. The van der Waals surface area contributed by atoms with Crippen LogP contribution >= 0.6 is 0 Å². The van der Waals surface area contributed by atoms with Gasteiger partial charge >= 0.3 is 0 Å². The molecule has 0 saturated carbocycles. The lowest BCUT2D eigenvalue weighted by molar-refractivity contribution is -2.00. The number of fused-ring (bicyclic) bond motifs is 18. The molecule has 0 saturated heterocycles. The van der Waals surface area contributed by atoms with Gasteiger partial charge in [-0.25, -0.2) is 164 Å². The van der Waals surface area contributed by atoms with Gasteiger partial charge in [0.25, 0.3) is 0 Å². The molecule has 3 aromatic heterocycles. The Bertz CT molecular complexity index is 1660. The van der Waals surface area contributed by atoms with E-state index in [9.17, 15) is 0 Å². The van der Waals surface area contributed by atoms with Gasteiger partial charge in [-0.3, -0.25) is 9.80 Å². The number of hydrogen-bond donors (Lipinski definition) is 6. The number of halogens is 8. The van der Waals surface area contributed by atoms with Crippen LogP contribution in [0.3, 0.4) is 0 Å². The number of nitrogens with zero attached hydrogens (tertiary/aromatic N) is 3. The van der Waals surface area contributed by atoms with Crippen LogP contribution in [-0.2, 0) is 39.3 Å². The molecule has 56 heteroatoms. The van der Waals surface area contributed by atoms with Crippen LogP contribution in [0.25, 0.3) is 0 Å². The predicted octanol–water partition coefficient (Wildman–Crippen LogP) is -49.0. The average Bonchev–Trinajstić information content (AvgIpc) is 3.24. The van der Waals surface area contributed by atoms with Gasteiger partial charge in [0.05, 0.1) is 50.7 Å². The van der Waals surface area contributed by atoms with E-state index < -0.39 is 81.9 Å². The summed E-state index contributed by atoms with van der Waals surface area (Å²) in [6, 6.07) is 19.9. The highest BCUT2D eigenvalue weighted by atomic mass is 35.7. The van der Waals surface area contributed by atoms with E-state index in [1.165, 1.54) is 34.2 Å². The van der Waals surface area contributed by atoms with Crippen LogP contribution in [0, 0.1) is 81.9 Å². The van der Waals surface area contributed by atoms with Gasteiger partial charge in [0.15, 0.2) is 26.2 Å². The summed E-state index contributed by atoms with van der Waals surface area (Å²) in [4.78, 5) is 17.7. The van der Waals surface area contributed by atoms with Crippen LogP contribution in [0.15, 0.2) is 54.6 Å². The second kappa shape index (κ2) is 55.3. The Balaban J connectivity index is -0.000000165. The van der Waals surface area contributed by atoms with Gasteiger partial charge in [0.1, 0.15) is 13.1 Å². The maximum atomic E-state index is 8.49. The van der Waals surface area contributed by atoms with Crippen molar-refractivity contribution in [3.8, 4) is 0 Å². The minimum Gasteiger partial charge on any atom is -0.412 e. The van der Waals surface area contributed by atoms with Crippen LogP contribution < -0.4 is 191 Å². The number of quaternary nitrogens is 6. The first kappa shape index (κ1) is 106. The van der Waals surface area contributed by atoms with Crippen LogP contribution in [0.5, 0.6) is 0 Å². The Hall–Kier alpha value is -2.03. The summed E-state index contributed by atoms with van der Waals surface area (Å²) >= 11 is 0. The molecule has 8 bridgehead atoms. The van der Waals surface area contributed by atoms with Gasteiger partial charge in [-0.05, 0) is 24.3 Å². The number of aromatic amines is 2. The van der Waals surface area contributed by atoms with Crippen LogP contribution in [0.2, 0.25) is 0 Å². The van der Waals surface area contributed by atoms with E-state index >= 15 is 0 Å². The van der Waals surface area contributed by atoms with Crippen molar-refractivity contribution in [2.45, 2.75) is 39.3 Å². The highest BCUT2D eigenvalue weighted by Gasteiger charge is 2.16. The largest absolute Gasteiger partial charge is 0.412 e. The van der Waals surface area contributed by atoms with Crippen molar-refractivity contribution >= 4 is 0 Å². The Morgan fingerprint density at radius 2 is 0.404 bits per heavy atom. The van der Waals surface area contributed by atoms with Crippen LogP contribution in [0.4, 0.5) is 0 Å². The molecule has 3 aromatic rings. The molecule has 0 atom stereocenters. The van der Waals surface area contributed by atoms with E-state index in [0.29, 0.717) is 0 Å². The molecule has 0 aliphatic carbocycles. The first-order chi connectivity index (χ1) is 37.8. The maximum absolute atomic E-state index is 8.49. The molecular formula is C33H69Cl8N11O37. The van der Waals surface area contributed by atoms with Crippen molar-refractivity contribution < 1.29 is 300 Å². The molecule has 6 heterocycles. The Labute approximate surface area is 519 Å². The zero-order valence-electron chi connectivity index (χ0n) is 45.3. The van der Waals surface area contributed by atoms with E-state index in [0.717, 1.165) is 118 Å². The third kappa shape index (κ3) is 124. The predicted molar refractivity (Wildman–Crippen MR) is 184 cm³/mol. The number of H-pyrrole nitrogens is 2. The van der Waals surface area contributed by atoms with Crippen molar-refractivity contribution in [2.24, 2.45) is 0 Å². The fourth-order valence-corrected chi connectivity index (χ4v) is 6.22. The number of nitrogens with two attached hydrogens (primary N) is 6. The summed E-state index contributed by atoms with van der Waals surface area (Å²) in [6.07, 6.45) is 0. The maximum Gasteiger partial charge on any atom is 0.235 e. The van der Waals surface area contributed by atoms with E-state index in [2.05, 4.69) is 106 Å². The summed E-state index contributed by atoms with van der Waals surface area (Å²) in [5, 5.41) is 14.7. The topological polar surface area (TPSA) is 1040 Å². The summed E-state index contributed by atoms with van der Waals surface area (Å²) in [5.74, 6) is 0. The van der Waals surface area contributed by atoms with Gasteiger partial charge in [-0.1, -0.05) is 6.07 Å². The first-order valence-corrected chi connectivity index (χ1v) is 31.9. The Morgan fingerprint density at radius 1 is 0.258 bits per heavy atom. The molecular weight excluding hydrogens is 1430 g/mol. The molecule has 0 aromatic carbocycles. The lowest BCUT2D eigenvalue weighted by Gasteiger charge is -2.20. The first-order valence-electron chi connectivity index (χ1n) is 22.0. The van der Waals surface area contributed by atoms with Gasteiger partial charge in [0.2, 0.25) is 22.8 Å². The van der Waals surface area contributed by atoms with E-state index in [1.807, 2.05) is 0 Å². The van der Waals surface area contributed by atoms with E-state index in [4.69, 9.17) is 154 Å². The molecule has 3 aliphatic rings. The molecule has 0 amide bonds. The second-order valence-corrected chi connectivity index (χ2v) is 21.5. The molecule has 0 unspecified atom stereocenters. The molecule has 0 fully saturated rings. The lowest BCUT2D eigenvalue weighted by Crippen LogP contribution is -2.88. The number of aromatic nitrogens is 3. The molecule has 0 radical (unpaired) electrons.